The Hall–Kier alpha value is -6.37. The van der Waals surface area contributed by atoms with E-state index in [2.05, 4.69) is 196 Å². The minimum absolute atomic E-state index is 0.0348. The van der Waals surface area contributed by atoms with Crippen LogP contribution in [0.2, 0.25) is 0 Å². The zero-order chi connectivity index (χ0) is 33.9. The summed E-state index contributed by atoms with van der Waals surface area (Å²) in [6.45, 7) is 0. The van der Waals surface area contributed by atoms with E-state index in [9.17, 15) is 0 Å². The first-order chi connectivity index (χ1) is 25.2. The molecule has 6 heteroatoms. The quantitative estimate of drug-likeness (QED) is 0.193. The zero-order valence-corrected chi connectivity index (χ0v) is 28.2. The molecule has 0 bridgehead atoms. The van der Waals surface area contributed by atoms with E-state index in [0.29, 0.717) is 0 Å². The molecule has 2 aromatic heterocycles. The smallest absolute Gasteiger partial charge is 0.131 e. The molecule has 10 rings (SSSR count). The van der Waals surface area contributed by atoms with Gasteiger partial charge in [-0.15, -0.1) is 0 Å². The molecule has 6 nitrogen and oxygen atoms in total. The predicted octanol–water partition coefficient (Wildman–Crippen LogP) is 9.44. The maximum Gasteiger partial charge on any atom is 0.131 e. The second kappa shape index (κ2) is 11.9. The van der Waals surface area contributed by atoms with Gasteiger partial charge in [-0.25, -0.2) is 4.99 Å². The lowest BCUT2D eigenvalue weighted by Crippen LogP contribution is -2.49. The maximum atomic E-state index is 5.21. The van der Waals surface area contributed by atoms with Gasteiger partial charge in [0, 0.05) is 51.6 Å². The Kier molecular flexibility index (Phi) is 6.89. The first kappa shape index (κ1) is 29.5. The van der Waals surface area contributed by atoms with E-state index in [1.165, 1.54) is 49.2 Å². The third-order valence-electron chi connectivity index (χ3n) is 10.4. The maximum absolute atomic E-state index is 5.21. The summed E-state index contributed by atoms with van der Waals surface area (Å²) in [7, 11) is 2.17. The highest BCUT2D eigenvalue weighted by Crippen LogP contribution is 2.41. The first-order valence-corrected chi connectivity index (χ1v) is 17.6. The topological polar surface area (TPSA) is 49.5 Å². The van der Waals surface area contributed by atoms with Gasteiger partial charge in [-0.05, 0) is 48.0 Å². The third-order valence-corrected chi connectivity index (χ3v) is 10.4. The summed E-state index contributed by atoms with van der Waals surface area (Å²) in [4.78, 5) is 7.52. The van der Waals surface area contributed by atoms with Crippen molar-refractivity contribution in [2.45, 2.75) is 18.5 Å². The monoisotopic (exact) mass is 660 g/mol. The minimum Gasteiger partial charge on any atom is -0.357 e. The SMILES string of the molecule is CN1C=C(C2N=C(c3ccccc3)NC(c3ccccc3)N2)C=CC1n1c2ccccc2c2cc3c4ccccc4n(-c4ccccc4)c3cc21. The van der Waals surface area contributed by atoms with Gasteiger partial charge in [-0.2, -0.15) is 0 Å². The number of para-hydroxylation sites is 3. The molecule has 3 atom stereocenters. The van der Waals surface area contributed by atoms with Gasteiger partial charge in [-0.3, -0.25) is 5.32 Å². The molecule has 8 aromatic rings. The first-order valence-electron chi connectivity index (χ1n) is 17.6. The number of aromatic nitrogens is 2. The summed E-state index contributed by atoms with van der Waals surface area (Å²) in [5, 5.41) is 12.4. The lowest BCUT2D eigenvalue weighted by atomic mass is 10.1. The largest absolute Gasteiger partial charge is 0.357 e. The number of nitrogens with one attached hydrogen (secondary N) is 2. The van der Waals surface area contributed by atoms with Crippen LogP contribution in [0.3, 0.4) is 0 Å². The van der Waals surface area contributed by atoms with Crippen LogP contribution in [-0.2, 0) is 0 Å². The molecule has 0 aliphatic carbocycles. The van der Waals surface area contributed by atoms with Crippen molar-refractivity contribution in [1.82, 2.24) is 24.7 Å². The Morgan fingerprint density at radius 1 is 0.588 bits per heavy atom. The Labute approximate surface area is 296 Å². The second-order valence-electron chi connectivity index (χ2n) is 13.4. The zero-order valence-electron chi connectivity index (χ0n) is 28.2. The molecular weight excluding hydrogens is 625 g/mol. The summed E-state index contributed by atoms with van der Waals surface area (Å²) in [6, 6.07) is 54.0. The van der Waals surface area contributed by atoms with Crippen molar-refractivity contribution in [3.8, 4) is 5.69 Å². The van der Waals surface area contributed by atoms with Crippen LogP contribution in [-0.4, -0.2) is 33.1 Å². The van der Waals surface area contributed by atoms with E-state index in [1.54, 1.807) is 0 Å². The molecule has 0 fully saturated rings. The molecule has 6 aromatic carbocycles. The molecule has 2 N–H and O–H groups in total. The highest BCUT2D eigenvalue weighted by molar-refractivity contribution is 6.18. The second-order valence-corrected chi connectivity index (χ2v) is 13.4. The number of aliphatic imine (C=N–C) groups is 1. The molecule has 0 spiro atoms. The molecule has 0 amide bonds. The normalized spacial score (nSPS) is 19.1. The fraction of sp³-hybridized carbons (Fsp3) is 0.0889. The van der Waals surface area contributed by atoms with Crippen LogP contribution in [0.4, 0.5) is 0 Å². The molecule has 2 aliphatic rings. The van der Waals surface area contributed by atoms with Gasteiger partial charge < -0.3 is 19.4 Å². The van der Waals surface area contributed by atoms with Crippen molar-refractivity contribution in [3.63, 3.8) is 0 Å². The van der Waals surface area contributed by atoms with Crippen molar-refractivity contribution in [2.75, 3.05) is 7.05 Å². The lowest BCUT2D eigenvalue weighted by Gasteiger charge is -2.36. The molecule has 0 saturated carbocycles. The van der Waals surface area contributed by atoms with Crippen LogP contribution in [0.15, 0.2) is 181 Å². The van der Waals surface area contributed by atoms with Crippen molar-refractivity contribution >= 4 is 49.4 Å². The number of hydrogen-bond acceptors (Lipinski definition) is 4. The molecule has 0 saturated heterocycles. The third kappa shape index (κ3) is 4.87. The van der Waals surface area contributed by atoms with Crippen molar-refractivity contribution < 1.29 is 0 Å². The van der Waals surface area contributed by atoms with E-state index < -0.39 is 0 Å². The van der Waals surface area contributed by atoms with Crippen molar-refractivity contribution in [3.05, 3.63) is 187 Å². The molecule has 2 aliphatic heterocycles. The fourth-order valence-electron chi connectivity index (χ4n) is 8.01. The summed E-state index contributed by atoms with van der Waals surface area (Å²) >= 11 is 0. The average Bonchev–Trinajstić information content (AvgIpc) is 3.69. The fourth-order valence-corrected chi connectivity index (χ4v) is 8.01. The van der Waals surface area contributed by atoms with E-state index >= 15 is 0 Å². The number of rotatable bonds is 5. The van der Waals surface area contributed by atoms with Gasteiger partial charge in [0.15, 0.2) is 0 Å². The van der Waals surface area contributed by atoms with Gasteiger partial charge in [0.25, 0.3) is 0 Å². The minimum atomic E-state index is -0.231. The average molecular weight is 661 g/mol. The molecule has 0 radical (unpaired) electrons. The van der Waals surface area contributed by atoms with Gasteiger partial charge >= 0.3 is 0 Å². The summed E-state index contributed by atoms with van der Waals surface area (Å²) < 4.78 is 4.89. The molecular formula is C45H36N6. The summed E-state index contributed by atoms with van der Waals surface area (Å²) in [5.41, 5.74) is 9.33. The number of nitrogens with zero attached hydrogens (tertiary/aromatic N) is 4. The van der Waals surface area contributed by atoms with Gasteiger partial charge in [0.05, 0.1) is 22.1 Å². The summed E-state index contributed by atoms with van der Waals surface area (Å²) in [5.74, 6) is 0.882. The molecule has 3 unspecified atom stereocenters. The Morgan fingerprint density at radius 3 is 1.96 bits per heavy atom. The van der Waals surface area contributed by atoms with Gasteiger partial charge in [0.2, 0.25) is 0 Å². The van der Waals surface area contributed by atoms with E-state index in [4.69, 9.17) is 4.99 Å². The van der Waals surface area contributed by atoms with Crippen molar-refractivity contribution in [1.29, 1.82) is 0 Å². The molecule has 246 valence electrons. The summed E-state index contributed by atoms with van der Waals surface area (Å²) in [6.07, 6.45) is 6.47. The highest BCUT2D eigenvalue weighted by atomic mass is 15.3. The number of hydrogen-bond donors (Lipinski definition) is 2. The van der Waals surface area contributed by atoms with Crippen LogP contribution < -0.4 is 10.6 Å². The Balaban J connectivity index is 1.10. The van der Waals surface area contributed by atoms with E-state index in [1.807, 2.05) is 6.07 Å². The Morgan fingerprint density at radius 2 is 1.22 bits per heavy atom. The highest BCUT2D eigenvalue weighted by Gasteiger charge is 2.29. The number of likely N-dealkylation sites (N-methyl/N-ethyl adjacent to an activating group) is 1. The van der Waals surface area contributed by atoms with Crippen LogP contribution in [0.25, 0.3) is 49.3 Å². The van der Waals surface area contributed by atoms with E-state index in [-0.39, 0.29) is 18.5 Å². The van der Waals surface area contributed by atoms with Crippen LogP contribution in [0.1, 0.15) is 23.5 Å². The van der Waals surface area contributed by atoms with Crippen LogP contribution >= 0.6 is 0 Å². The number of benzene rings is 6. The van der Waals surface area contributed by atoms with Crippen LogP contribution in [0, 0.1) is 0 Å². The molecule has 4 heterocycles. The van der Waals surface area contributed by atoms with Gasteiger partial charge in [-0.1, -0.05) is 121 Å². The number of amidine groups is 1. The van der Waals surface area contributed by atoms with Gasteiger partial charge in [0.1, 0.15) is 24.3 Å². The van der Waals surface area contributed by atoms with E-state index in [0.717, 1.165) is 22.7 Å². The van der Waals surface area contributed by atoms with Crippen LogP contribution in [0.5, 0.6) is 0 Å². The van der Waals surface area contributed by atoms with Crippen molar-refractivity contribution in [2.24, 2.45) is 4.99 Å². The molecule has 51 heavy (non-hydrogen) atoms. The Bertz CT molecular complexity index is 2670. The number of fused-ring (bicyclic) bond motifs is 6. The lowest BCUT2D eigenvalue weighted by molar-refractivity contribution is 0.305. The predicted molar refractivity (Wildman–Crippen MR) is 210 cm³/mol. The standard InChI is InChI=1S/C45H36N6/c1-49-29-32(45-47-43(30-15-5-2-6-16-30)46-44(48-45)31-17-7-3-8-18-31)25-26-42(49)51-39-24-14-12-22-35(39)37-27-36-34-21-11-13-23-38(34)50(40(36)28-41(37)51)33-19-9-4-10-20-33/h2-29,42-43,45,47H,1H3,(H,46,48).